The maximum Gasteiger partial charge on any atom is 0.245 e. The fourth-order valence-corrected chi connectivity index (χ4v) is 3.94. The summed E-state index contributed by atoms with van der Waals surface area (Å²) >= 11 is 3.04. The van der Waals surface area contributed by atoms with Crippen molar-refractivity contribution in [1.82, 2.24) is 14.5 Å². The summed E-state index contributed by atoms with van der Waals surface area (Å²) in [6.07, 6.45) is 2.51. The molecule has 9 heteroatoms. The van der Waals surface area contributed by atoms with Gasteiger partial charge in [-0.15, -0.1) is 0 Å². The molecule has 0 aliphatic rings. The van der Waals surface area contributed by atoms with E-state index in [-0.39, 0.29) is 28.5 Å². The van der Waals surface area contributed by atoms with Gasteiger partial charge < -0.3 is 9.52 Å². The van der Waals surface area contributed by atoms with Gasteiger partial charge >= 0.3 is 0 Å². The van der Waals surface area contributed by atoms with Crippen LogP contribution in [-0.2, 0) is 36.6 Å². The van der Waals surface area contributed by atoms with Gasteiger partial charge in [-0.3, -0.25) is 4.68 Å². The highest BCUT2D eigenvalue weighted by atomic mass is 79.9. The molecule has 2 N–H and O–H groups in total. The molecule has 0 unspecified atom stereocenters. The zero-order valence-corrected chi connectivity index (χ0v) is 14.0. The first kappa shape index (κ1) is 16.2. The fourth-order valence-electron chi connectivity index (χ4n) is 1.94. The monoisotopic (exact) mass is 377 g/mol. The van der Waals surface area contributed by atoms with Crippen LogP contribution in [0.15, 0.2) is 26.2 Å². The lowest BCUT2D eigenvalue weighted by Crippen LogP contribution is -2.23. The molecule has 21 heavy (non-hydrogen) atoms. The number of aromatic nitrogens is 2. The van der Waals surface area contributed by atoms with Gasteiger partial charge in [-0.1, -0.05) is 6.92 Å². The SMILES string of the molecule is CCc1nn(C)cc1CNS(=O)(=O)c1cc(CO)oc1Br. The molecule has 0 saturated heterocycles. The number of hydrogen-bond acceptors (Lipinski definition) is 5. The highest BCUT2D eigenvalue weighted by Gasteiger charge is 2.22. The van der Waals surface area contributed by atoms with Gasteiger partial charge in [0.2, 0.25) is 10.0 Å². The number of furan rings is 1. The van der Waals surface area contributed by atoms with E-state index in [0.717, 1.165) is 17.7 Å². The Kier molecular flexibility index (Phi) is 4.87. The van der Waals surface area contributed by atoms with Crippen molar-refractivity contribution in [3.05, 3.63) is 34.0 Å². The largest absolute Gasteiger partial charge is 0.450 e. The zero-order chi connectivity index (χ0) is 15.6. The number of nitrogens with one attached hydrogen (secondary N) is 1. The summed E-state index contributed by atoms with van der Waals surface area (Å²) in [6, 6.07) is 1.29. The van der Waals surface area contributed by atoms with Crippen LogP contribution in [0.2, 0.25) is 0 Å². The summed E-state index contributed by atoms with van der Waals surface area (Å²) in [4.78, 5) is -0.0338. The van der Waals surface area contributed by atoms with Crippen LogP contribution >= 0.6 is 15.9 Å². The highest BCUT2D eigenvalue weighted by molar-refractivity contribution is 9.10. The number of hydrogen-bond donors (Lipinski definition) is 2. The third-order valence-electron chi connectivity index (χ3n) is 2.93. The van der Waals surface area contributed by atoms with E-state index in [2.05, 4.69) is 25.8 Å². The van der Waals surface area contributed by atoms with Crippen molar-refractivity contribution in [2.45, 2.75) is 31.4 Å². The molecule has 0 fully saturated rings. The first-order chi connectivity index (χ1) is 9.87. The minimum atomic E-state index is -3.73. The third-order valence-corrected chi connectivity index (χ3v) is 5.19. The van der Waals surface area contributed by atoms with Gasteiger partial charge in [0.25, 0.3) is 0 Å². The van der Waals surface area contributed by atoms with E-state index in [1.807, 2.05) is 6.92 Å². The van der Waals surface area contributed by atoms with Crippen LogP contribution in [-0.4, -0.2) is 23.3 Å². The molecule has 2 rings (SSSR count). The first-order valence-corrected chi connectivity index (χ1v) is 8.55. The maximum absolute atomic E-state index is 12.3. The Balaban J connectivity index is 2.19. The van der Waals surface area contributed by atoms with E-state index < -0.39 is 10.0 Å². The van der Waals surface area contributed by atoms with Crippen LogP contribution in [0, 0.1) is 0 Å². The molecule has 2 aromatic rings. The predicted octanol–water partition coefficient (Wildman–Crippen LogP) is 1.31. The number of nitrogens with zero attached hydrogens (tertiary/aromatic N) is 2. The van der Waals surface area contributed by atoms with Crippen molar-refractivity contribution >= 4 is 26.0 Å². The van der Waals surface area contributed by atoms with Crippen LogP contribution < -0.4 is 4.72 Å². The summed E-state index contributed by atoms with van der Waals surface area (Å²) in [5.41, 5.74) is 1.67. The second-order valence-corrected chi connectivity index (χ2v) is 6.92. The third kappa shape index (κ3) is 3.54. The Labute approximate surface area is 131 Å². The lowest BCUT2D eigenvalue weighted by molar-refractivity contribution is 0.245. The minimum Gasteiger partial charge on any atom is -0.450 e. The standard InChI is InChI=1S/C12H16BrN3O4S/c1-3-10-8(6-16(2)15-10)5-14-21(18,19)11-4-9(7-17)20-12(11)13/h4,6,14,17H,3,5,7H2,1-2H3. The molecule has 0 amide bonds. The molecular weight excluding hydrogens is 362 g/mol. The van der Waals surface area contributed by atoms with E-state index in [9.17, 15) is 8.42 Å². The van der Waals surface area contributed by atoms with Crippen LogP contribution in [0.5, 0.6) is 0 Å². The van der Waals surface area contributed by atoms with Gasteiger partial charge in [-0.05, 0) is 22.4 Å². The predicted molar refractivity (Wildman–Crippen MR) is 78.9 cm³/mol. The maximum atomic E-state index is 12.3. The molecule has 0 bridgehead atoms. The molecule has 0 atom stereocenters. The molecule has 0 radical (unpaired) electrons. The van der Waals surface area contributed by atoms with Gasteiger partial charge in [0, 0.05) is 31.4 Å². The van der Waals surface area contributed by atoms with E-state index in [0.29, 0.717) is 0 Å². The quantitative estimate of drug-likeness (QED) is 0.790. The van der Waals surface area contributed by atoms with Crippen molar-refractivity contribution in [2.24, 2.45) is 7.05 Å². The van der Waals surface area contributed by atoms with Crippen molar-refractivity contribution in [3.63, 3.8) is 0 Å². The van der Waals surface area contributed by atoms with E-state index in [1.165, 1.54) is 6.07 Å². The summed E-state index contributed by atoms with van der Waals surface area (Å²) in [7, 11) is -1.94. The van der Waals surface area contributed by atoms with Crippen molar-refractivity contribution < 1.29 is 17.9 Å². The summed E-state index contributed by atoms with van der Waals surface area (Å²) < 4.78 is 33.8. The van der Waals surface area contributed by atoms with Gasteiger partial charge in [0.1, 0.15) is 17.3 Å². The van der Waals surface area contributed by atoms with E-state index in [1.54, 1.807) is 17.9 Å². The van der Waals surface area contributed by atoms with Gasteiger partial charge in [0.05, 0.1) is 5.69 Å². The zero-order valence-electron chi connectivity index (χ0n) is 11.6. The molecule has 0 saturated carbocycles. The molecule has 0 aliphatic carbocycles. The van der Waals surface area contributed by atoms with Crippen molar-refractivity contribution in [2.75, 3.05) is 0 Å². The molecular formula is C12H16BrN3O4S. The lowest BCUT2D eigenvalue weighted by atomic mass is 10.2. The van der Waals surface area contributed by atoms with E-state index in [4.69, 9.17) is 9.52 Å². The molecule has 0 aromatic carbocycles. The average Bonchev–Trinajstić information content (AvgIpc) is 2.99. The second-order valence-electron chi connectivity index (χ2n) is 4.46. The smallest absolute Gasteiger partial charge is 0.245 e. The normalized spacial score (nSPS) is 12.0. The Morgan fingerprint density at radius 1 is 1.52 bits per heavy atom. The van der Waals surface area contributed by atoms with Gasteiger partial charge in [-0.25, -0.2) is 13.1 Å². The fraction of sp³-hybridized carbons (Fsp3) is 0.417. The summed E-state index contributed by atoms with van der Waals surface area (Å²) in [5, 5.41) is 13.2. The van der Waals surface area contributed by atoms with E-state index >= 15 is 0 Å². The Hall–Kier alpha value is -1.16. The molecule has 116 valence electrons. The van der Waals surface area contributed by atoms with Crippen molar-refractivity contribution in [3.8, 4) is 0 Å². The summed E-state index contributed by atoms with van der Waals surface area (Å²) in [6.45, 7) is 1.74. The number of aryl methyl sites for hydroxylation is 2. The minimum absolute atomic E-state index is 0.0338. The number of aliphatic hydroxyl groups is 1. The van der Waals surface area contributed by atoms with Crippen LogP contribution in [0.25, 0.3) is 0 Å². The number of sulfonamides is 1. The Bertz CT molecular complexity index is 736. The van der Waals surface area contributed by atoms with Crippen LogP contribution in [0.3, 0.4) is 0 Å². The molecule has 0 spiro atoms. The lowest BCUT2D eigenvalue weighted by Gasteiger charge is -2.04. The van der Waals surface area contributed by atoms with Crippen LogP contribution in [0.1, 0.15) is 23.9 Å². The molecule has 0 aliphatic heterocycles. The van der Waals surface area contributed by atoms with Crippen LogP contribution in [0.4, 0.5) is 0 Å². The highest BCUT2D eigenvalue weighted by Crippen LogP contribution is 2.26. The Morgan fingerprint density at radius 2 is 2.24 bits per heavy atom. The topological polar surface area (TPSA) is 97.4 Å². The molecule has 7 nitrogen and oxygen atoms in total. The second kappa shape index (κ2) is 6.30. The van der Waals surface area contributed by atoms with Gasteiger partial charge in [-0.2, -0.15) is 5.10 Å². The summed E-state index contributed by atoms with van der Waals surface area (Å²) in [5.74, 6) is 0.179. The number of aliphatic hydroxyl groups excluding tert-OH is 1. The number of rotatable bonds is 6. The first-order valence-electron chi connectivity index (χ1n) is 6.27. The Morgan fingerprint density at radius 3 is 2.81 bits per heavy atom. The number of halogens is 1. The van der Waals surface area contributed by atoms with Gasteiger partial charge in [0.15, 0.2) is 4.67 Å². The van der Waals surface area contributed by atoms with Crippen molar-refractivity contribution in [1.29, 1.82) is 0 Å². The molecule has 2 aromatic heterocycles. The molecule has 2 heterocycles. The average molecular weight is 378 g/mol.